The standard InChI is InChI=1S/C15H20FN3O2/c16-12-7-3-4-8-13(12)17-15(21)18-14(20)11-19-9-5-1-2-6-10-19/h3-4,7-8H,1-2,5-6,9-11H2,(H2,17,18,20,21)/p+1. The molecule has 0 saturated carbocycles. The molecule has 1 aliphatic heterocycles. The van der Waals surface area contributed by atoms with E-state index in [-0.39, 0.29) is 18.1 Å². The lowest BCUT2D eigenvalue weighted by molar-refractivity contribution is -0.891. The summed E-state index contributed by atoms with van der Waals surface area (Å²) in [6, 6.07) is 5.14. The number of benzene rings is 1. The van der Waals surface area contributed by atoms with Crippen LogP contribution in [-0.4, -0.2) is 31.6 Å². The Morgan fingerprint density at radius 1 is 1.10 bits per heavy atom. The van der Waals surface area contributed by atoms with Crippen LogP contribution in [-0.2, 0) is 4.79 Å². The minimum absolute atomic E-state index is 0.0601. The predicted octanol–water partition coefficient (Wildman–Crippen LogP) is 0.933. The highest BCUT2D eigenvalue weighted by atomic mass is 19.1. The first-order valence-corrected chi connectivity index (χ1v) is 7.34. The van der Waals surface area contributed by atoms with Crippen LogP contribution in [0.5, 0.6) is 0 Å². The summed E-state index contributed by atoms with van der Waals surface area (Å²) in [4.78, 5) is 24.7. The first-order chi connectivity index (χ1) is 10.1. The van der Waals surface area contributed by atoms with E-state index in [2.05, 4.69) is 10.6 Å². The van der Waals surface area contributed by atoms with Crippen molar-refractivity contribution in [2.45, 2.75) is 25.7 Å². The lowest BCUT2D eigenvalue weighted by Crippen LogP contribution is -3.13. The zero-order valence-corrected chi connectivity index (χ0v) is 12.0. The van der Waals surface area contributed by atoms with Gasteiger partial charge in [-0.1, -0.05) is 12.1 Å². The van der Waals surface area contributed by atoms with Crippen molar-refractivity contribution in [2.24, 2.45) is 0 Å². The molecule has 0 spiro atoms. The molecule has 1 aromatic rings. The average Bonchev–Trinajstić information content (AvgIpc) is 2.69. The Morgan fingerprint density at radius 2 is 1.76 bits per heavy atom. The molecular weight excluding hydrogens is 273 g/mol. The fourth-order valence-electron chi connectivity index (χ4n) is 2.52. The van der Waals surface area contributed by atoms with Crippen molar-refractivity contribution in [1.82, 2.24) is 5.32 Å². The van der Waals surface area contributed by atoms with Crippen LogP contribution in [0.3, 0.4) is 0 Å². The third-order valence-corrected chi connectivity index (χ3v) is 3.60. The van der Waals surface area contributed by atoms with Crippen molar-refractivity contribution >= 4 is 17.6 Å². The summed E-state index contributed by atoms with van der Waals surface area (Å²) in [5.41, 5.74) is 0.0601. The number of urea groups is 1. The maximum atomic E-state index is 13.4. The molecular formula is C15H21FN3O2+. The zero-order chi connectivity index (χ0) is 15.1. The first-order valence-electron chi connectivity index (χ1n) is 7.34. The van der Waals surface area contributed by atoms with Crippen molar-refractivity contribution in [1.29, 1.82) is 0 Å². The number of nitrogens with one attached hydrogen (secondary N) is 3. The van der Waals surface area contributed by atoms with Crippen LogP contribution in [0, 0.1) is 5.82 Å². The largest absolute Gasteiger partial charge is 0.327 e. The van der Waals surface area contributed by atoms with Crippen LogP contribution in [0.15, 0.2) is 24.3 Å². The summed E-state index contributed by atoms with van der Waals surface area (Å²) in [7, 11) is 0. The third kappa shape index (κ3) is 5.15. The second kappa shape index (κ2) is 7.73. The van der Waals surface area contributed by atoms with Gasteiger partial charge in [0.15, 0.2) is 6.54 Å². The van der Waals surface area contributed by atoms with Crippen LogP contribution >= 0.6 is 0 Å². The van der Waals surface area contributed by atoms with Crippen LogP contribution in [0.25, 0.3) is 0 Å². The van der Waals surface area contributed by atoms with Gasteiger partial charge in [-0.25, -0.2) is 9.18 Å². The van der Waals surface area contributed by atoms with E-state index in [9.17, 15) is 14.0 Å². The summed E-state index contributed by atoms with van der Waals surface area (Å²) in [5, 5.41) is 4.58. The number of hydrogen-bond acceptors (Lipinski definition) is 2. The molecule has 0 unspecified atom stereocenters. The molecule has 0 aromatic heterocycles. The van der Waals surface area contributed by atoms with Crippen molar-refractivity contribution in [3.05, 3.63) is 30.1 Å². The molecule has 1 heterocycles. The van der Waals surface area contributed by atoms with Gasteiger partial charge in [0.05, 0.1) is 18.8 Å². The van der Waals surface area contributed by atoms with E-state index in [1.807, 2.05) is 0 Å². The second-order valence-corrected chi connectivity index (χ2v) is 5.32. The molecule has 21 heavy (non-hydrogen) atoms. The Balaban J connectivity index is 1.79. The minimum Gasteiger partial charge on any atom is -0.327 e. The lowest BCUT2D eigenvalue weighted by atomic mass is 10.2. The number of hydrogen-bond donors (Lipinski definition) is 3. The molecule has 1 saturated heterocycles. The molecule has 6 heteroatoms. The van der Waals surface area contributed by atoms with Gasteiger partial charge >= 0.3 is 6.03 Å². The predicted molar refractivity (Wildman–Crippen MR) is 77.6 cm³/mol. The summed E-state index contributed by atoms with van der Waals surface area (Å²) in [6.45, 7) is 2.20. The molecule has 2 rings (SSSR count). The second-order valence-electron chi connectivity index (χ2n) is 5.32. The van der Waals surface area contributed by atoms with E-state index in [4.69, 9.17) is 0 Å². The number of imide groups is 1. The number of para-hydroxylation sites is 1. The Morgan fingerprint density at radius 3 is 2.43 bits per heavy atom. The Bertz CT molecular complexity index is 499. The summed E-state index contributed by atoms with van der Waals surface area (Å²) in [6.07, 6.45) is 4.64. The van der Waals surface area contributed by atoms with Gasteiger partial charge in [-0.05, 0) is 37.8 Å². The van der Waals surface area contributed by atoms with E-state index in [1.165, 1.54) is 35.9 Å². The highest BCUT2D eigenvalue weighted by Crippen LogP contribution is 2.11. The molecule has 1 fully saturated rings. The van der Waals surface area contributed by atoms with Gasteiger partial charge in [-0.3, -0.25) is 10.1 Å². The number of rotatable bonds is 3. The average molecular weight is 294 g/mol. The molecule has 114 valence electrons. The van der Waals surface area contributed by atoms with Crippen molar-refractivity contribution in [3.8, 4) is 0 Å². The fourth-order valence-corrected chi connectivity index (χ4v) is 2.52. The van der Waals surface area contributed by atoms with E-state index >= 15 is 0 Å². The number of carbonyl (C=O) groups is 2. The first kappa shape index (κ1) is 15.4. The Kier molecular flexibility index (Phi) is 5.68. The quantitative estimate of drug-likeness (QED) is 0.777. The normalized spacial score (nSPS) is 16.0. The molecule has 0 atom stereocenters. The molecule has 3 N–H and O–H groups in total. The number of amides is 3. The monoisotopic (exact) mass is 294 g/mol. The van der Waals surface area contributed by atoms with Gasteiger partial charge in [0.2, 0.25) is 0 Å². The van der Waals surface area contributed by atoms with Gasteiger partial charge in [0.1, 0.15) is 5.82 Å². The third-order valence-electron chi connectivity index (χ3n) is 3.60. The number of carbonyl (C=O) groups excluding carboxylic acids is 2. The van der Waals surface area contributed by atoms with Crippen molar-refractivity contribution in [2.75, 3.05) is 25.0 Å². The van der Waals surface area contributed by atoms with Crippen LogP contribution in [0.4, 0.5) is 14.9 Å². The van der Waals surface area contributed by atoms with Gasteiger partial charge in [-0.15, -0.1) is 0 Å². The van der Waals surface area contributed by atoms with E-state index < -0.39 is 11.8 Å². The lowest BCUT2D eigenvalue weighted by Gasteiger charge is -2.16. The van der Waals surface area contributed by atoms with Gasteiger partial charge in [0.25, 0.3) is 5.91 Å². The Labute approximate surface area is 123 Å². The fraction of sp³-hybridized carbons (Fsp3) is 0.467. The molecule has 1 aromatic carbocycles. The van der Waals surface area contributed by atoms with Gasteiger partial charge < -0.3 is 10.2 Å². The Hall–Kier alpha value is -1.95. The summed E-state index contributed by atoms with van der Waals surface area (Å²) in [5.74, 6) is -0.862. The molecule has 0 radical (unpaired) electrons. The molecule has 0 aliphatic carbocycles. The molecule has 1 aliphatic rings. The maximum absolute atomic E-state index is 13.4. The van der Waals surface area contributed by atoms with Crippen molar-refractivity contribution < 1.29 is 18.9 Å². The molecule has 3 amide bonds. The highest BCUT2D eigenvalue weighted by Gasteiger charge is 2.18. The minimum atomic E-state index is -0.695. The van der Waals surface area contributed by atoms with E-state index in [1.54, 1.807) is 6.07 Å². The van der Waals surface area contributed by atoms with Crippen LogP contribution in [0.2, 0.25) is 0 Å². The zero-order valence-electron chi connectivity index (χ0n) is 12.0. The maximum Gasteiger partial charge on any atom is 0.326 e. The smallest absolute Gasteiger partial charge is 0.326 e. The van der Waals surface area contributed by atoms with Gasteiger partial charge in [0, 0.05) is 0 Å². The van der Waals surface area contributed by atoms with Gasteiger partial charge in [-0.2, -0.15) is 0 Å². The highest BCUT2D eigenvalue weighted by molar-refractivity contribution is 6.01. The SMILES string of the molecule is O=C(C[NH+]1CCCCCC1)NC(=O)Nc1ccccc1F. The van der Waals surface area contributed by atoms with Crippen LogP contribution < -0.4 is 15.5 Å². The topological polar surface area (TPSA) is 62.6 Å². The number of halogens is 1. The van der Waals surface area contributed by atoms with E-state index in [0.29, 0.717) is 0 Å². The summed E-state index contributed by atoms with van der Waals surface area (Å²) >= 11 is 0. The number of anilines is 1. The van der Waals surface area contributed by atoms with E-state index in [0.717, 1.165) is 25.9 Å². The number of likely N-dealkylation sites (tertiary alicyclic amines) is 1. The molecule has 5 nitrogen and oxygen atoms in total. The van der Waals surface area contributed by atoms with Crippen LogP contribution in [0.1, 0.15) is 25.7 Å². The summed E-state index contributed by atoms with van der Waals surface area (Å²) < 4.78 is 13.4. The van der Waals surface area contributed by atoms with Crippen molar-refractivity contribution in [3.63, 3.8) is 0 Å². The molecule has 0 bridgehead atoms. The number of quaternary nitrogens is 1.